The van der Waals surface area contributed by atoms with Crippen molar-refractivity contribution in [2.24, 2.45) is 5.92 Å². The van der Waals surface area contributed by atoms with E-state index in [-0.39, 0.29) is 0 Å². The largest absolute Gasteiger partial charge is 0.306 e. The van der Waals surface area contributed by atoms with Gasteiger partial charge in [-0.25, -0.2) is 0 Å². The van der Waals surface area contributed by atoms with E-state index in [9.17, 15) is 0 Å². The Bertz CT molecular complexity index is 241. The van der Waals surface area contributed by atoms with Crippen LogP contribution in [0.3, 0.4) is 0 Å². The summed E-state index contributed by atoms with van der Waals surface area (Å²) < 4.78 is 0. The molecule has 0 aromatic carbocycles. The van der Waals surface area contributed by atoms with Crippen molar-refractivity contribution in [1.29, 1.82) is 0 Å². The summed E-state index contributed by atoms with van der Waals surface area (Å²) in [5.74, 6) is 0.672. The fraction of sp³-hybridized carbons (Fsp3) is 0.727. The third kappa shape index (κ3) is 2.84. The Morgan fingerprint density at radius 3 is 2.57 bits per heavy atom. The SMILES string of the molecule is CCC(NC(C)c1ccn[nH]1)C(C)C. The minimum Gasteiger partial charge on any atom is -0.306 e. The summed E-state index contributed by atoms with van der Waals surface area (Å²) in [6.45, 7) is 8.89. The van der Waals surface area contributed by atoms with Crippen LogP contribution in [0.4, 0.5) is 0 Å². The quantitative estimate of drug-likeness (QED) is 0.758. The number of hydrogen-bond acceptors (Lipinski definition) is 2. The number of aromatic amines is 1. The van der Waals surface area contributed by atoms with Gasteiger partial charge in [0.05, 0.1) is 5.69 Å². The Morgan fingerprint density at radius 1 is 1.43 bits per heavy atom. The number of rotatable bonds is 5. The topological polar surface area (TPSA) is 40.7 Å². The van der Waals surface area contributed by atoms with Gasteiger partial charge >= 0.3 is 0 Å². The summed E-state index contributed by atoms with van der Waals surface area (Å²) in [5.41, 5.74) is 1.16. The van der Waals surface area contributed by atoms with Crippen molar-refractivity contribution in [3.63, 3.8) is 0 Å². The maximum absolute atomic E-state index is 3.96. The van der Waals surface area contributed by atoms with Crippen molar-refractivity contribution in [2.75, 3.05) is 0 Å². The molecule has 1 rings (SSSR count). The average Bonchev–Trinajstić information content (AvgIpc) is 2.65. The smallest absolute Gasteiger partial charge is 0.0518 e. The Balaban J connectivity index is 2.51. The summed E-state index contributed by atoms with van der Waals surface area (Å²) in [6, 6.07) is 2.95. The van der Waals surface area contributed by atoms with Gasteiger partial charge in [0.2, 0.25) is 0 Å². The molecule has 2 unspecified atom stereocenters. The molecule has 0 bridgehead atoms. The van der Waals surface area contributed by atoms with Crippen LogP contribution in [0, 0.1) is 5.92 Å². The van der Waals surface area contributed by atoms with E-state index in [1.165, 1.54) is 0 Å². The monoisotopic (exact) mass is 195 g/mol. The first-order chi connectivity index (χ1) is 6.65. The van der Waals surface area contributed by atoms with Crippen molar-refractivity contribution >= 4 is 0 Å². The van der Waals surface area contributed by atoms with Crippen LogP contribution in [0.5, 0.6) is 0 Å². The van der Waals surface area contributed by atoms with E-state index in [0.29, 0.717) is 18.0 Å². The Hall–Kier alpha value is -0.830. The summed E-state index contributed by atoms with van der Waals surface area (Å²) in [4.78, 5) is 0. The third-order valence-corrected chi connectivity index (χ3v) is 2.70. The van der Waals surface area contributed by atoms with Crippen molar-refractivity contribution in [1.82, 2.24) is 15.5 Å². The lowest BCUT2D eigenvalue weighted by Gasteiger charge is -2.24. The molecule has 80 valence electrons. The molecule has 3 heteroatoms. The third-order valence-electron chi connectivity index (χ3n) is 2.70. The van der Waals surface area contributed by atoms with Crippen LogP contribution in [0.15, 0.2) is 12.3 Å². The highest BCUT2D eigenvalue weighted by atomic mass is 15.1. The molecule has 1 aromatic rings. The average molecular weight is 195 g/mol. The van der Waals surface area contributed by atoms with E-state index in [4.69, 9.17) is 0 Å². The molecule has 0 fully saturated rings. The molecule has 1 aromatic heterocycles. The molecular weight excluding hydrogens is 174 g/mol. The summed E-state index contributed by atoms with van der Waals surface area (Å²) >= 11 is 0. The highest BCUT2D eigenvalue weighted by molar-refractivity contribution is 5.03. The molecule has 0 saturated heterocycles. The predicted molar refractivity (Wildman–Crippen MR) is 59.1 cm³/mol. The van der Waals surface area contributed by atoms with Crippen LogP contribution in [0.25, 0.3) is 0 Å². The van der Waals surface area contributed by atoms with Crippen LogP contribution < -0.4 is 5.32 Å². The number of H-pyrrole nitrogens is 1. The molecule has 1 heterocycles. The molecule has 0 spiro atoms. The molecule has 2 N–H and O–H groups in total. The number of nitrogens with one attached hydrogen (secondary N) is 2. The normalized spacial score (nSPS) is 15.8. The minimum atomic E-state index is 0.352. The minimum absolute atomic E-state index is 0.352. The molecule has 0 aliphatic carbocycles. The zero-order valence-corrected chi connectivity index (χ0v) is 9.54. The van der Waals surface area contributed by atoms with Gasteiger partial charge < -0.3 is 5.32 Å². The second kappa shape index (κ2) is 5.15. The first kappa shape index (κ1) is 11.2. The first-order valence-electron chi connectivity index (χ1n) is 5.40. The van der Waals surface area contributed by atoms with E-state index in [0.717, 1.165) is 12.1 Å². The van der Waals surface area contributed by atoms with Crippen molar-refractivity contribution in [2.45, 2.75) is 46.2 Å². The lowest BCUT2D eigenvalue weighted by Crippen LogP contribution is -2.35. The van der Waals surface area contributed by atoms with Crippen molar-refractivity contribution in [3.8, 4) is 0 Å². The van der Waals surface area contributed by atoms with E-state index >= 15 is 0 Å². The second-order valence-electron chi connectivity index (χ2n) is 4.16. The Morgan fingerprint density at radius 2 is 2.14 bits per heavy atom. The Kier molecular flexibility index (Phi) is 4.14. The standard InChI is InChI=1S/C11H21N3/c1-5-10(8(2)3)13-9(4)11-6-7-12-14-11/h6-10,13H,5H2,1-4H3,(H,12,14). The molecule has 14 heavy (non-hydrogen) atoms. The zero-order chi connectivity index (χ0) is 10.6. The summed E-state index contributed by atoms with van der Waals surface area (Å²) in [5, 5.41) is 10.5. The molecule has 0 aliphatic heterocycles. The fourth-order valence-corrected chi connectivity index (χ4v) is 1.70. The molecule has 3 nitrogen and oxygen atoms in total. The van der Waals surface area contributed by atoms with Gasteiger partial charge in [0.25, 0.3) is 0 Å². The molecule has 2 atom stereocenters. The van der Waals surface area contributed by atoms with Gasteiger partial charge in [-0.05, 0) is 25.3 Å². The zero-order valence-electron chi connectivity index (χ0n) is 9.54. The fourth-order valence-electron chi connectivity index (χ4n) is 1.70. The maximum atomic E-state index is 3.96. The molecular formula is C11H21N3. The van der Waals surface area contributed by atoms with Crippen LogP contribution in [-0.2, 0) is 0 Å². The molecule has 0 amide bonds. The Labute approximate surface area is 86.3 Å². The van der Waals surface area contributed by atoms with Gasteiger partial charge in [-0.15, -0.1) is 0 Å². The van der Waals surface area contributed by atoms with Gasteiger partial charge in [0, 0.05) is 18.3 Å². The lowest BCUT2D eigenvalue weighted by atomic mass is 10.0. The van der Waals surface area contributed by atoms with Gasteiger partial charge in [-0.1, -0.05) is 20.8 Å². The van der Waals surface area contributed by atoms with Gasteiger partial charge in [-0.3, -0.25) is 5.10 Å². The van der Waals surface area contributed by atoms with Crippen LogP contribution in [-0.4, -0.2) is 16.2 Å². The predicted octanol–water partition coefficient (Wildman–Crippen LogP) is 2.49. The molecule has 0 radical (unpaired) electrons. The summed E-state index contributed by atoms with van der Waals surface area (Å²) in [6.07, 6.45) is 2.96. The number of hydrogen-bond donors (Lipinski definition) is 2. The van der Waals surface area contributed by atoms with Crippen LogP contribution in [0.1, 0.15) is 45.9 Å². The van der Waals surface area contributed by atoms with E-state index in [1.54, 1.807) is 6.20 Å². The van der Waals surface area contributed by atoms with E-state index in [1.807, 2.05) is 6.07 Å². The van der Waals surface area contributed by atoms with Crippen LogP contribution in [0.2, 0.25) is 0 Å². The van der Waals surface area contributed by atoms with Crippen molar-refractivity contribution < 1.29 is 0 Å². The van der Waals surface area contributed by atoms with Crippen molar-refractivity contribution in [3.05, 3.63) is 18.0 Å². The lowest BCUT2D eigenvalue weighted by molar-refractivity contribution is 0.353. The highest BCUT2D eigenvalue weighted by Crippen LogP contribution is 2.13. The second-order valence-corrected chi connectivity index (χ2v) is 4.16. The maximum Gasteiger partial charge on any atom is 0.0518 e. The van der Waals surface area contributed by atoms with Gasteiger partial charge in [0.15, 0.2) is 0 Å². The first-order valence-corrected chi connectivity index (χ1v) is 5.40. The van der Waals surface area contributed by atoms with Crippen LogP contribution >= 0.6 is 0 Å². The van der Waals surface area contributed by atoms with Gasteiger partial charge in [-0.2, -0.15) is 5.10 Å². The van der Waals surface area contributed by atoms with Gasteiger partial charge in [0.1, 0.15) is 0 Å². The van der Waals surface area contributed by atoms with E-state index < -0.39 is 0 Å². The highest BCUT2D eigenvalue weighted by Gasteiger charge is 2.15. The number of nitrogens with zero attached hydrogens (tertiary/aromatic N) is 1. The summed E-state index contributed by atoms with van der Waals surface area (Å²) in [7, 11) is 0. The molecule has 0 saturated carbocycles. The van der Waals surface area contributed by atoms with E-state index in [2.05, 4.69) is 43.2 Å². The molecule has 0 aliphatic rings. The number of aromatic nitrogens is 2.